The number of nitrogens with zero attached hydrogens (tertiary/aromatic N) is 6. The maximum Gasteiger partial charge on any atom is 0.257 e. The standard InChI is InChI=1S/C21H25IN6O2S/c1-15-12-23-21(25-19(15)18-4-3-11-31-18)28-17(14-30-2)16(13-24-28)20(29)27-9-7-26(6-5-22)8-10-27/h3-4,11-13H,5-10,14H2,1-2H3. The van der Waals surface area contributed by atoms with Gasteiger partial charge in [0.25, 0.3) is 11.9 Å². The second-order valence-electron chi connectivity index (χ2n) is 7.35. The van der Waals surface area contributed by atoms with E-state index in [1.165, 1.54) is 0 Å². The Hall–Kier alpha value is -1.89. The summed E-state index contributed by atoms with van der Waals surface area (Å²) in [6, 6.07) is 4.04. The van der Waals surface area contributed by atoms with Crippen LogP contribution < -0.4 is 0 Å². The van der Waals surface area contributed by atoms with Crippen molar-refractivity contribution in [3.05, 3.63) is 46.7 Å². The lowest BCUT2D eigenvalue weighted by Gasteiger charge is -2.34. The van der Waals surface area contributed by atoms with E-state index in [1.807, 2.05) is 29.3 Å². The van der Waals surface area contributed by atoms with E-state index in [9.17, 15) is 4.79 Å². The van der Waals surface area contributed by atoms with Crippen LogP contribution in [0.3, 0.4) is 0 Å². The van der Waals surface area contributed by atoms with Gasteiger partial charge in [-0.15, -0.1) is 11.3 Å². The first kappa shape index (κ1) is 22.3. The van der Waals surface area contributed by atoms with Crippen LogP contribution in [0.15, 0.2) is 29.9 Å². The van der Waals surface area contributed by atoms with Gasteiger partial charge in [0.2, 0.25) is 0 Å². The molecule has 3 aromatic rings. The third-order valence-electron chi connectivity index (χ3n) is 5.34. The fourth-order valence-corrected chi connectivity index (χ4v) is 5.12. The largest absolute Gasteiger partial charge is 0.378 e. The van der Waals surface area contributed by atoms with E-state index in [2.05, 4.69) is 37.6 Å². The van der Waals surface area contributed by atoms with Gasteiger partial charge in [-0.2, -0.15) is 9.78 Å². The molecule has 0 aromatic carbocycles. The monoisotopic (exact) mass is 552 g/mol. The molecule has 0 radical (unpaired) electrons. The maximum absolute atomic E-state index is 13.3. The summed E-state index contributed by atoms with van der Waals surface area (Å²) in [5.41, 5.74) is 3.08. The number of amides is 1. The predicted octanol–water partition coefficient (Wildman–Crippen LogP) is 3.04. The molecule has 3 aromatic heterocycles. The molecule has 0 N–H and O–H groups in total. The van der Waals surface area contributed by atoms with Crippen LogP contribution in [-0.2, 0) is 11.3 Å². The molecule has 0 spiro atoms. The Bertz CT molecular complexity index is 1030. The molecule has 1 fully saturated rings. The minimum atomic E-state index is -0.0157. The molecule has 1 amide bonds. The summed E-state index contributed by atoms with van der Waals surface area (Å²) < 4.78 is 8.13. The number of methoxy groups -OCH3 is 1. The van der Waals surface area contributed by atoms with Gasteiger partial charge in [0.1, 0.15) is 0 Å². The van der Waals surface area contributed by atoms with Gasteiger partial charge in [-0.3, -0.25) is 9.69 Å². The molecule has 0 bridgehead atoms. The van der Waals surface area contributed by atoms with Crippen molar-refractivity contribution in [2.24, 2.45) is 0 Å². The number of piperazine rings is 1. The van der Waals surface area contributed by atoms with Crippen LogP contribution in [0.2, 0.25) is 0 Å². The lowest BCUT2D eigenvalue weighted by atomic mass is 10.2. The van der Waals surface area contributed by atoms with Gasteiger partial charge >= 0.3 is 0 Å². The Morgan fingerprint density at radius 2 is 2.06 bits per heavy atom. The van der Waals surface area contributed by atoms with Crippen molar-refractivity contribution in [3.8, 4) is 16.5 Å². The molecule has 1 aliphatic rings. The summed E-state index contributed by atoms with van der Waals surface area (Å²) in [5.74, 6) is 0.421. The highest BCUT2D eigenvalue weighted by Gasteiger charge is 2.27. The van der Waals surface area contributed by atoms with Crippen LogP contribution in [0, 0.1) is 6.92 Å². The fraction of sp³-hybridized carbons (Fsp3) is 0.429. The average Bonchev–Trinajstić information content (AvgIpc) is 3.45. The number of thiophene rings is 1. The van der Waals surface area contributed by atoms with Gasteiger partial charge in [-0.25, -0.2) is 9.97 Å². The van der Waals surface area contributed by atoms with Gasteiger partial charge < -0.3 is 9.64 Å². The van der Waals surface area contributed by atoms with Gasteiger partial charge in [0.15, 0.2) is 0 Å². The summed E-state index contributed by atoms with van der Waals surface area (Å²) in [4.78, 5) is 27.9. The Morgan fingerprint density at radius 1 is 1.26 bits per heavy atom. The molecule has 8 nitrogen and oxygen atoms in total. The minimum absolute atomic E-state index is 0.0157. The lowest BCUT2D eigenvalue weighted by Crippen LogP contribution is -2.49. The van der Waals surface area contributed by atoms with E-state index >= 15 is 0 Å². The summed E-state index contributed by atoms with van der Waals surface area (Å²) in [5, 5.41) is 6.50. The number of hydrogen-bond acceptors (Lipinski definition) is 7. The molecule has 4 rings (SSSR count). The molecule has 0 atom stereocenters. The quantitative estimate of drug-likeness (QED) is 0.332. The molecule has 0 aliphatic carbocycles. The average molecular weight is 552 g/mol. The molecule has 0 unspecified atom stereocenters. The molecule has 4 heterocycles. The van der Waals surface area contributed by atoms with Crippen molar-refractivity contribution in [1.82, 2.24) is 29.5 Å². The fourth-order valence-electron chi connectivity index (χ4n) is 3.66. The number of aromatic nitrogens is 4. The number of ether oxygens (including phenoxy) is 1. The molecule has 31 heavy (non-hydrogen) atoms. The lowest BCUT2D eigenvalue weighted by molar-refractivity contribution is 0.0640. The smallest absolute Gasteiger partial charge is 0.257 e. The molecule has 1 aliphatic heterocycles. The molecule has 1 saturated heterocycles. The number of rotatable bonds is 7. The van der Waals surface area contributed by atoms with Crippen molar-refractivity contribution in [2.75, 3.05) is 44.3 Å². The number of hydrogen-bond donors (Lipinski definition) is 0. The van der Waals surface area contributed by atoms with E-state index in [-0.39, 0.29) is 12.5 Å². The number of carbonyl (C=O) groups is 1. The van der Waals surface area contributed by atoms with Gasteiger partial charge in [0, 0.05) is 50.5 Å². The second kappa shape index (κ2) is 10.2. The van der Waals surface area contributed by atoms with E-state index in [1.54, 1.807) is 35.5 Å². The van der Waals surface area contributed by atoms with E-state index in [0.29, 0.717) is 17.2 Å². The van der Waals surface area contributed by atoms with Crippen LogP contribution in [0.5, 0.6) is 0 Å². The summed E-state index contributed by atoms with van der Waals surface area (Å²) >= 11 is 4.02. The van der Waals surface area contributed by atoms with E-state index in [4.69, 9.17) is 9.72 Å². The van der Waals surface area contributed by atoms with Crippen molar-refractivity contribution in [1.29, 1.82) is 0 Å². The minimum Gasteiger partial charge on any atom is -0.378 e. The molecule has 164 valence electrons. The van der Waals surface area contributed by atoms with Crippen molar-refractivity contribution in [3.63, 3.8) is 0 Å². The Labute approximate surface area is 199 Å². The molecule has 0 saturated carbocycles. The van der Waals surface area contributed by atoms with E-state index in [0.717, 1.165) is 53.3 Å². The zero-order valence-corrected chi connectivity index (χ0v) is 20.6. The molecule has 10 heteroatoms. The third kappa shape index (κ3) is 4.81. The number of halogens is 1. The summed E-state index contributed by atoms with van der Waals surface area (Å²) in [7, 11) is 1.61. The van der Waals surface area contributed by atoms with E-state index < -0.39 is 0 Å². The van der Waals surface area contributed by atoms with Crippen molar-refractivity contribution < 1.29 is 9.53 Å². The van der Waals surface area contributed by atoms with Crippen LogP contribution in [0.4, 0.5) is 0 Å². The molecular formula is C21H25IN6O2S. The topological polar surface area (TPSA) is 76.4 Å². The Morgan fingerprint density at radius 3 is 2.74 bits per heavy atom. The number of alkyl halides is 1. The first-order chi connectivity index (χ1) is 15.1. The normalized spacial score (nSPS) is 14.9. The SMILES string of the molecule is COCc1c(C(=O)N2CCN(CCI)CC2)cnn1-c1ncc(C)c(-c2cccs2)n1. The van der Waals surface area contributed by atoms with Crippen molar-refractivity contribution in [2.45, 2.75) is 13.5 Å². The Balaban J connectivity index is 1.63. The highest BCUT2D eigenvalue weighted by atomic mass is 127. The van der Waals surface area contributed by atoms with Crippen molar-refractivity contribution >= 4 is 39.8 Å². The molecular weight excluding hydrogens is 527 g/mol. The highest BCUT2D eigenvalue weighted by Crippen LogP contribution is 2.26. The number of aryl methyl sites for hydroxylation is 1. The van der Waals surface area contributed by atoms with Crippen LogP contribution in [0.1, 0.15) is 21.6 Å². The number of carbonyl (C=O) groups excluding carboxylic acids is 1. The third-order valence-corrected chi connectivity index (χ3v) is 6.70. The zero-order chi connectivity index (χ0) is 21.8. The zero-order valence-electron chi connectivity index (χ0n) is 17.6. The highest BCUT2D eigenvalue weighted by molar-refractivity contribution is 14.1. The maximum atomic E-state index is 13.3. The first-order valence-electron chi connectivity index (χ1n) is 10.1. The summed E-state index contributed by atoms with van der Waals surface area (Å²) in [6.07, 6.45) is 3.41. The van der Waals surface area contributed by atoms with Crippen LogP contribution >= 0.6 is 33.9 Å². The van der Waals surface area contributed by atoms with Gasteiger partial charge in [-0.1, -0.05) is 28.7 Å². The van der Waals surface area contributed by atoms with Gasteiger partial charge in [-0.05, 0) is 23.9 Å². The second-order valence-corrected chi connectivity index (χ2v) is 9.38. The Kier molecular flexibility index (Phi) is 7.31. The predicted molar refractivity (Wildman–Crippen MR) is 129 cm³/mol. The summed E-state index contributed by atoms with van der Waals surface area (Å²) in [6.45, 7) is 6.54. The van der Waals surface area contributed by atoms with Crippen LogP contribution in [-0.4, -0.2) is 79.7 Å². The van der Waals surface area contributed by atoms with Gasteiger partial charge in [0.05, 0.1) is 34.6 Å². The van der Waals surface area contributed by atoms with Crippen LogP contribution in [0.25, 0.3) is 16.5 Å². The first-order valence-corrected chi connectivity index (χ1v) is 12.5.